The van der Waals surface area contributed by atoms with E-state index in [9.17, 15) is 13.2 Å². The molecular formula is C11H6ClF3N2. The van der Waals surface area contributed by atoms with E-state index in [1.54, 1.807) is 0 Å². The van der Waals surface area contributed by atoms with Gasteiger partial charge in [0.15, 0.2) is 11.0 Å². The molecule has 0 unspecified atom stereocenters. The van der Waals surface area contributed by atoms with Gasteiger partial charge in [-0.25, -0.2) is 23.1 Å². The monoisotopic (exact) mass is 258 g/mol. The summed E-state index contributed by atoms with van der Waals surface area (Å²) in [7, 11) is 0. The summed E-state index contributed by atoms with van der Waals surface area (Å²) in [6.07, 6.45) is 0.929. The number of hydrogen-bond acceptors (Lipinski definition) is 2. The fourth-order valence-corrected chi connectivity index (χ4v) is 1.45. The fraction of sp³-hybridized carbons (Fsp3) is 0.0909. The molecule has 1 aromatic heterocycles. The van der Waals surface area contributed by atoms with E-state index in [4.69, 9.17) is 11.6 Å². The lowest BCUT2D eigenvalue weighted by Crippen LogP contribution is -2.00. The Balaban J connectivity index is 2.28. The van der Waals surface area contributed by atoms with Gasteiger partial charge in [0, 0.05) is 12.5 Å². The lowest BCUT2D eigenvalue weighted by Gasteiger charge is -2.03. The van der Waals surface area contributed by atoms with Crippen LogP contribution >= 0.6 is 11.6 Å². The highest BCUT2D eigenvalue weighted by molar-refractivity contribution is 6.29. The van der Waals surface area contributed by atoms with Crippen LogP contribution in [0.15, 0.2) is 24.4 Å². The highest BCUT2D eigenvalue weighted by atomic mass is 35.5. The molecular weight excluding hydrogens is 253 g/mol. The summed E-state index contributed by atoms with van der Waals surface area (Å²) >= 11 is 5.47. The van der Waals surface area contributed by atoms with E-state index in [1.807, 2.05) is 0 Å². The van der Waals surface area contributed by atoms with Crippen LogP contribution in [0.5, 0.6) is 0 Å². The van der Waals surface area contributed by atoms with Crippen molar-refractivity contribution in [2.75, 3.05) is 0 Å². The molecule has 0 aliphatic rings. The highest BCUT2D eigenvalue weighted by Crippen LogP contribution is 2.15. The number of nitrogens with zero attached hydrogens (tertiary/aromatic N) is 2. The van der Waals surface area contributed by atoms with Crippen LogP contribution in [0.1, 0.15) is 11.4 Å². The molecule has 0 aliphatic carbocycles. The molecule has 17 heavy (non-hydrogen) atoms. The number of aromatic nitrogens is 2. The normalized spacial score (nSPS) is 10.6. The van der Waals surface area contributed by atoms with Gasteiger partial charge in [0.2, 0.25) is 0 Å². The van der Waals surface area contributed by atoms with Gasteiger partial charge in [-0.2, -0.15) is 0 Å². The van der Waals surface area contributed by atoms with Gasteiger partial charge in [0.25, 0.3) is 0 Å². The number of halogens is 4. The third-order valence-electron chi connectivity index (χ3n) is 2.11. The third-order valence-corrected chi connectivity index (χ3v) is 2.38. The maximum absolute atomic E-state index is 13.3. The molecule has 0 radical (unpaired) electrons. The summed E-state index contributed by atoms with van der Waals surface area (Å²) in [6, 6.07) is 3.18. The summed E-state index contributed by atoms with van der Waals surface area (Å²) in [4.78, 5) is 7.32. The Morgan fingerprint density at radius 2 is 1.88 bits per heavy atom. The Hall–Kier alpha value is -1.62. The van der Waals surface area contributed by atoms with Gasteiger partial charge in [-0.15, -0.1) is 0 Å². The van der Waals surface area contributed by atoms with Crippen molar-refractivity contribution < 1.29 is 13.2 Å². The molecule has 0 N–H and O–H groups in total. The molecule has 0 saturated carbocycles. The predicted molar refractivity (Wildman–Crippen MR) is 56.2 cm³/mol. The van der Waals surface area contributed by atoms with Crippen LogP contribution < -0.4 is 0 Å². The van der Waals surface area contributed by atoms with Crippen molar-refractivity contribution in [3.05, 3.63) is 58.4 Å². The standard InChI is InChI=1S/C11H6ClF3N2/c12-11-9(15)5-16-10(17-11)3-6-1-2-7(13)4-8(6)14/h1-2,4-5H,3H2. The zero-order valence-corrected chi connectivity index (χ0v) is 9.18. The zero-order valence-electron chi connectivity index (χ0n) is 8.42. The Labute approximate surface area is 100 Å². The van der Waals surface area contributed by atoms with E-state index in [1.165, 1.54) is 6.07 Å². The summed E-state index contributed by atoms with van der Waals surface area (Å²) in [5, 5.41) is -0.322. The molecule has 0 aliphatic heterocycles. The molecule has 1 heterocycles. The van der Waals surface area contributed by atoms with E-state index in [-0.39, 0.29) is 23.0 Å². The van der Waals surface area contributed by atoms with Gasteiger partial charge >= 0.3 is 0 Å². The first-order chi connectivity index (χ1) is 8.06. The Bertz CT molecular complexity index is 560. The van der Waals surface area contributed by atoms with Gasteiger partial charge in [-0.3, -0.25) is 0 Å². The molecule has 0 bridgehead atoms. The van der Waals surface area contributed by atoms with Crippen molar-refractivity contribution in [3.8, 4) is 0 Å². The van der Waals surface area contributed by atoms with E-state index in [0.717, 1.165) is 18.3 Å². The number of benzene rings is 1. The van der Waals surface area contributed by atoms with Crippen molar-refractivity contribution in [1.82, 2.24) is 9.97 Å². The van der Waals surface area contributed by atoms with Gasteiger partial charge in [-0.1, -0.05) is 17.7 Å². The minimum atomic E-state index is -0.741. The van der Waals surface area contributed by atoms with Gasteiger partial charge in [0.05, 0.1) is 6.20 Å². The molecule has 0 fully saturated rings. The fourth-order valence-electron chi connectivity index (χ4n) is 1.30. The molecule has 0 amide bonds. The highest BCUT2D eigenvalue weighted by Gasteiger charge is 2.09. The molecule has 6 heteroatoms. The first-order valence-electron chi connectivity index (χ1n) is 4.67. The summed E-state index contributed by atoms with van der Waals surface area (Å²) in [5.41, 5.74) is 0.217. The van der Waals surface area contributed by atoms with Crippen LogP contribution in [-0.4, -0.2) is 9.97 Å². The molecule has 2 nitrogen and oxygen atoms in total. The number of rotatable bonds is 2. The molecule has 0 saturated heterocycles. The van der Waals surface area contributed by atoms with Crippen molar-refractivity contribution >= 4 is 11.6 Å². The van der Waals surface area contributed by atoms with Gasteiger partial charge in [-0.05, 0) is 11.6 Å². The molecule has 2 aromatic rings. The predicted octanol–water partition coefficient (Wildman–Crippen LogP) is 3.14. The number of hydrogen-bond donors (Lipinski definition) is 0. The molecule has 1 aromatic carbocycles. The van der Waals surface area contributed by atoms with Crippen LogP contribution in [0.3, 0.4) is 0 Å². The average Bonchev–Trinajstić information content (AvgIpc) is 2.27. The third kappa shape index (κ3) is 2.74. The lowest BCUT2D eigenvalue weighted by atomic mass is 10.1. The minimum absolute atomic E-state index is 0.0200. The Morgan fingerprint density at radius 3 is 2.53 bits per heavy atom. The average molecular weight is 259 g/mol. The van der Waals surface area contributed by atoms with E-state index in [0.29, 0.717) is 0 Å². The van der Waals surface area contributed by atoms with Crippen molar-refractivity contribution in [1.29, 1.82) is 0 Å². The van der Waals surface area contributed by atoms with Gasteiger partial charge in [0.1, 0.15) is 17.5 Å². The first kappa shape index (κ1) is 11.9. The second-order valence-electron chi connectivity index (χ2n) is 3.34. The van der Waals surface area contributed by atoms with Crippen molar-refractivity contribution in [2.45, 2.75) is 6.42 Å². The van der Waals surface area contributed by atoms with Gasteiger partial charge < -0.3 is 0 Å². The van der Waals surface area contributed by atoms with Crippen LogP contribution in [0.2, 0.25) is 5.15 Å². The molecule has 88 valence electrons. The smallest absolute Gasteiger partial charge is 0.178 e. The zero-order chi connectivity index (χ0) is 12.4. The largest absolute Gasteiger partial charge is 0.238 e. The lowest BCUT2D eigenvalue weighted by molar-refractivity contribution is 0.572. The molecule has 2 rings (SSSR count). The Kier molecular flexibility index (Phi) is 3.28. The van der Waals surface area contributed by atoms with Crippen LogP contribution in [0.25, 0.3) is 0 Å². The quantitative estimate of drug-likeness (QED) is 0.774. The topological polar surface area (TPSA) is 25.8 Å². The second-order valence-corrected chi connectivity index (χ2v) is 3.70. The maximum Gasteiger partial charge on any atom is 0.178 e. The first-order valence-corrected chi connectivity index (χ1v) is 5.05. The van der Waals surface area contributed by atoms with Crippen LogP contribution in [-0.2, 0) is 6.42 Å². The van der Waals surface area contributed by atoms with Crippen LogP contribution in [0.4, 0.5) is 13.2 Å². The SMILES string of the molecule is Fc1ccc(Cc2ncc(F)c(Cl)n2)c(F)c1. The molecule has 0 atom stereocenters. The van der Waals surface area contributed by atoms with Crippen molar-refractivity contribution in [3.63, 3.8) is 0 Å². The summed E-state index contributed by atoms with van der Waals surface area (Å²) < 4.78 is 38.8. The van der Waals surface area contributed by atoms with E-state index < -0.39 is 17.5 Å². The van der Waals surface area contributed by atoms with Crippen LogP contribution in [0, 0.1) is 17.5 Å². The maximum atomic E-state index is 13.3. The van der Waals surface area contributed by atoms with Crippen molar-refractivity contribution in [2.24, 2.45) is 0 Å². The summed E-state index contributed by atoms with van der Waals surface area (Å²) in [5.74, 6) is -1.93. The summed E-state index contributed by atoms with van der Waals surface area (Å²) in [6.45, 7) is 0. The minimum Gasteiger partial charge on any atom is -0.238 e. The van der Waals surface area contributed by atoms with E-state index in [2.05, 4.69) is 9.97 Å². The molecule has 0 spiro atoms. The van der Waals surface area contributed by atoms with E-state index >= 15 is 0 Å². The Morgan fingerprint density at radius 1 is 1.12 bits per heavy atom. The second kappa shape index (κ2) is 4.71.